The van der Waals surface area contributed by atoms with Crippen molar-refractivity contribution in [3.63, 3.8) is 0 Å². The molecule has 0 radical (unpaired) electrons. The zero-order valence-corrected chi connectivity index (χ0v) is 10.7. The molecule has 100 valence electrons. The number of ether oxygens (including phenoxy) is 2. The Balaban J connectivity index is 2.62. The molecule has 6 heteroatoms. The average molecular weight is 262 g/mol. The molecule has 0 saturated carbocycles. The number of amides is 1. The summed E-state index contributed by atoms with van der Waals surface area (Å²) in [6.45, 7) is 1.26. The average Bonchev–Trinajstić information content (AvgIpc) is 2.42. The van der Waals surface area contributed by atoms with Gasteiger partial charge in [-0.05, 0) is 24.3 Å². The van der Waals surface area contributed by atoms with Gasteiger partial charge in [-0.25, -0.2) is 4.79 Å². The lowest BCUT2D eigenvalue weighted by molar-refractivity contribution is -0.145. The topological polar surface area (TPSA) is 88.4 Å². The summed E-state index contributed by atoms with van der Waals surface area (Å²) >= 11 is 0. The number of esters is 1. The first-order valence-corrected chi connectivity index (χ1v) is 5.54. The van der Waals surface area contributed by atoms with Crippen LogP contribution in [0.1, 0.15) is 12.5 Å². The number of benzene rings is 1. The summed E-state index contributed by atoms with van der Waals surface area (Å²) in [4.78, 5) is 22.4. The van der Waals surface area contributed by atoms with Crippen LogP contribution in [-0.4, -0.2) is 31.6 Å². The third-order valence-corrected chi connectivity index (χ3v) is 2.26. The number of hydrogen-bond donors (Lipinski definition) is 1. The van der Waals surface area contributed by atoms with E-state index < -0.39 is 12.0 Å². The van der Waals surface area contributed by atoms with Gasteiger partial charge in [-0.1, -0.05) is 0 Å². The van der Waals surface area contributed by atoms with Gasteiger partial charge in [-0.2, -0.15) is 5.26 Å². The highest BCUT2D eigenvalue weighted by molar-refractivity contribution is 5.83. The van der Waals surface area contributed by atoms with E-state index in [0.717, 1.165) is 0 Å². The summed E-state index contributed by atoms with van der Waals surface area (Å²) in [6, 6.07) is 7.54. The van der Waals surface area contributed by atoms with Crippen molar-refractivity contribution in [2.75, 3.05) is 13.7 Å². The molecule has 19 heavy (non-hydrogen) atoms. The van der Waals surface area contributed by atoms with Crippen molar-refractivity contribution in [2.45, 2.75) is 13.0 Å². The Kier molecular flexibility index (Phi) is 5.35. The molecule has 1 amide bonds. The second-order valence-corrected chi connectivity index (χ2v) is 3.72. The monoisotopic (exact) mass is 262 g/mol. The number of rotatable bonds is 5. The standard InChI is InChI=1S/C13H14N2O4/c1-9(16)15-12(13(17)18-2)8-19-11-5-3-10(7-14)4-6-11/h3-6,12H,8H2,1-2H3,(H,15,16). The van der Waals surface area contributed by atoms with Gasteiger partial charge in [0.25, 0.3) is 0 Å². The van der Waals surface area contributed by atoms with Crippen LogP contribution in [0, 0.1) is 11.3 Å². The first kappa shape index (κ1) is 14.5. The maximum absolute atomic E-state index is 11.4. The van der Waals surface area contributed by atoms with E-state index in [1.165, 1.54) is 14.0 Å². The first-order chi connectivity index (χ1) is 9.06. The fourth-order valence-corrected chi connectivity index (χ4v) is 1.36. The van der Waals surface area contributed by atoms with Crippen molar-refractivity contribution in [3.8, 4) is 11.8 Å². The van der Waals surface area contributed by atoms with E-state index >= 15 is 0 Å². The Morgan fingerprint density at radius 1 is 1.37 bits per heavy atom. The highest BCUT2D eigenvalue weighted by Crippen LogP contribution is 2.11. The van der Waals surface area contributed by atoms with Crippen molar-refractivity contribution < 1.29 is 19.1 Å². The fraction of sp³-hybridized carbons (Fsp3) is 0.308. The minimum atomic E-state index is -0.863. The molecule has 0 heterocycles. The van der Waals surface area contributed by atoms with E-state index in [-0.39, 0.29) is 12.5 Å². The molecule has 0 saturated heterocycles. The molecule has 0 spiro atoms. The van der Waals surface area contributed by atoms with Crippen molar-refractivity contribution in [2.24, 2.45) is 0 Å². The molecule has 1 aromatic carbocycles. The zero-order valence-electron chi connectivity index (χ0n) is 10.7. The molecular weight excluding hydrogens is 248 g/mol. The van der Waals surface area contributed by atoms with Crippen molar-refractivity contribution in [3.05, 3.63) is 29.8 Å². The summed E-state index contributed by atoms with van der Waals surface area (Å²) in [5, 5.41) is 11.1. The van der Waals surface area contributed by atoms with Crippen molar-refractivity contribution >= 4 is 11.9 Å². The Labute approximate surface area is 110 Å². The summed E-state index contributed by atoms with van der Waals surface area (Å²) in [5.74, 6) is -0.430. The van der Waals surface area contributed by atoms with Gasteiger partial charge < -0.3 is 14.8 Å². The van der Waals surface area contributed by atoms with Gasteiger partial charge >= 0.3 is 5.97 Å². The number of nitrogens with one attached hydrogen (secondary N) is 1. The molecule has 1 rings (SSSR count). The molecule has 0 fully saturated rings. The second-order valence-electron chi connectivity index (χ2n) is 3.72. The van der Waals surface area contributed by atoms with Crippen molar-refractivity contribution in [1.82, 2.24) is 5.32 Å². The normalized spacial score (nSPS) is 11.0. The molecular formula is C13H14N2O4. The van der Waals surface area contributed by atoms with Gasteiger partial charge in [0, 0.05) is 6.92 Å². The van der Waals surface area contributed by atoms with E-state index in [1.807, 2.05) is 6.07 Å². The van der Waals surface area contributed by atoms with Crippen LogP contribution in [0.25, 0.3) is 0 Å². The van der Waals surface area contributed by atoms with E-state index in [4.69, 9.17) is 10.00 Å². The quantitative estimate of drug-likeness (QED) is 0.785. The Bertz CT molecular complexity index is 490. The number of nitriles is 1. The van der Waals surface area contributed by atoms with Crippen LogP contribution < -0.4 is 10.1 Å². The van der Waals surface area contributed by atoms with Crippen LogP contribution in [0.15, 0.2) is 24.3 Å². The number of carbonyl (C=O) groups excluding carboxylic acids is 2. The molecule has 1 unspecified atom stereocenters. The number of carbonyl (C=O) groups is 2. The fourth-order valence-electron chi connectivity index (χ4n) is 1.36. The lowest BCUT2D eigenvalue weighted by Crippen LogP contribution is -2.44. The molecule has 0 aromatic heterocycles. The maximum atomic E-state index is 11.4. The van der Waals surface area contributed by atoms with Crippen LogP contribution in [-0.2, 0) is 14.3 Å². The predicted octanol–water partition coefficient (Wildman–Crippen LogP) is 0.615. The molecule has 1 N–H and O–H groups in total. The van der Waals surface area contributed by atoms with Crippen LogP contribution in [0.3, 0.4) is 0 Å². The number of nitrogens with zero attached hydrogens (tertiary/aromatic N) is 1. The summed E-state index contributed by atoms with van der Waals surface area (Å²) in [7, 11) is 1.23. The predicted molar refractivity (Wildman–Crippen MR) is 66.3 cm³/mol. The molecule has 0 aliphatic heterocycles. The molecule has 6 nitrogen and oxygen atoms in total. The molecule has 1 aromatic rings. The van der Waals surface area contributed by atoms with E-state index in [0.29, 0.717) is 11.3 Å². The smallest absolute Gasteiger partial charge is 0.331 e. The van der Waals surface area contributed by atoms with E-state index in [2.05, 4.69) is 10.1 Å². The molecule has 0 bridgehead atoms. The Morgan fingerprint density at radius 2 is 2.00 bits per heavy atom. The largest absolute Gasteiger partial charge is 0.491 e. The van der Waals surface area contributed by atoms with Crippen molar-refractivity contribution in [1.29, 1.82) is 5.26 Å². The van der Waals surface area contributed by atoms with E-state index in [9.17, 15) is 9.59 Å². The lowest BCUT2D eigenvalue weighted by Gasteiger charge is -2.16. The minimum absolute atomic E-state index is 0.0435. The van der Waals surface area contributed by atoms with Crippen LogP contribution in [0.2, 0.25) is 0 Å². The SMILES string of the molecule is COC(=O)C(COc1ccc(C#N)cc1)NC(C)=O. The highest BCUT2D eigenvalue weighted by atomic mass is 16.5. The third-order valence-electron chi connectivity index (χ3n) is 2.26. The van der Waals surface area contributed by atoms with E-state index in [1.54, 1.807) is 24.3 Å². The minimum Gasteiger partial charge on any atom is -0.491 e. The molecule has 1 atom stereocenters. The van der Waals surface area contributed by atoms with Gasteiger partial charge in [-0.15, -0.1) is 0 Å². The lowest BCUT2D eigenvalue weighted by atomic mass is 10.2. The summed E-state index contributed by atoms with van der Waals surface area (Å²) < 4.78 is 9.93. The third kappa shape index (κ3) is 4.68. The maximum Gasteiger partial charge on any atom is 0.331 e. The second kappa shape index (κ2) is 7.01. The van der Waals surface area contributed by atoms with Gasteiger partial charge in [-0.3, -0.25) is 4.79 Å². The Hall–Kier alpha value is -2.55. The molecule has 0 aliphatic rings. The number of hydrogen-bond acceptors (Lipinski definition) is 5. The summed E-state index contributed by atoms with van der Waals surface area (Å²) in [6.07, 6.45) is 0. The van der Waals surface area contributed by atoms with Crippen LogP contribution in [0.5, 0.6) is 5.75 Å². The molecule has 0 aliphatic carbocycles. The van der Waals surface area contributed by atoms with Gasteiger partial charge in [0.15, 0.2) is 6.04 Å². The van der Waals surface area contributed by atoms with Gasteiger partial charge in [0.1, 0.15) is 12.4 Å². The summed E-state index contributed by atoms with van der Waals surface area (Å²) in [5.41, 5.74) is 0.513. The van der Waals surface area contributed by atoms with Gasteiger partial charge in [0.05, 0.1) is 18.7 Å². The van der Waals surface area contributed by atoms with Crippen LogP contribution >= 0.6 is 0 Å². The highest BCUT2D eigenvalue weighted by Gasteiger charge is 2.20. The van der Waals surface area contributed by atoms with Crippen LogP contribution in [0.4, 0.5) is 0 Å². The zero-order chi connectivity index (χ0) is 14.3. The number of methoxy groups -OCH3 is 1. The Morgan fingerprint density at radius 3 is 2.47 bits per heavy atom. The first-order valence-electron chi connectivity index (χ1n) is 5.54. The van der Waals surface area contributed by atoms with Gasteiger partial charge in [0.2, 0.25) is 5.91 Å².